The number of halogens is 2. The highest BCUT2D eigenvalue weighted by atomic mass is 19.2. The zero-order chi connectivity index (χ0) is 20.1. The van der Waals surface area contributed by atoms with Gasteiger partial charge in [-0.1, -0.05) is 24.3 Å². The zero-order valence-electron chi connectivity index (χ0n) is 14.5. The van der Waals surface area contributed by atoms with E-state index in [1.54, 1.807) is 48.5 Å². The normalized spacial score (nSPS) is 10.4. The van der Waals surface area contributed by atoms with E-state index in [0.29, 0.717) is 0 Å². The molecule has 0 saturated carbocycles. The number of nitrogens with one attached hydrogen (secondary N) is 1. The lowest BCUT2D eigenvalue weighted by atomic mass is 10.0. The first-order valence-corrected chi connectivity index (χ1v) is 8.24. The maximum atomic E-state index is 13.1. The topological polar surface area (TPSA) is 75.6 Å². The summed E-state index contributed by atoms with van der Waals surface area (Å²) >= 11 is 0. The molecule has 0 aliphatic carbocycles. The molecule has 0 aliphatic rings. The molecule has 0 spiro atoms. The minimum absolute atomic E-state index is 0.0539. The summed E-state index contributed by atoms with van der Waals surface area (Å²) in [6.45, 7) is -0.572. The Labute approximate surface area is 159 Å². The van der Waals surface area contributed by atoms with Crippen molar-refractivity contribution in [1.82, 2.24) is 0 Å². The number of anilines is 1. The van der Waals surface area contributed by atoms with Crippen LogP contribution >= 0.6 is 0 Å². The quantitative estimate of drug-likeness (QED) is 0.650. The molecule has 0 bridgehead atoms. The van der Waals surface area contributed by atoms with Crippen molar-refractivity contribution in [2.45, 2.75) is 0 Å². The van der Waals surface area contributed by atoms with Gasteiger partial charge in [-0.15, -0.1) is 0 Å². The van der Waals surface area contributed by atoms with E-state index in [9.17, 15) is 23.5 Å². The van der Waals surface area contributed by atoms with Crippen LogP contribution in [0.3, 0.4) is 0 Å². The van der Waals surface area contributed by atoms with E-state index in [4.69, 9.17) is 4.74 Å². The Morgan fingerprint density at radius 1 is 0.857 bits per heavy atom. The second kappa shape index (κ2) is 8.30. The van der Waals surface area contributed by atoms with Crippen LogP contribution in [0.15, 0.2) is 66.7 Å². The fourth-order valence-electron chi connectivity index (χ4n) is 2.44. The highest BCUT2D eigenvalue weighted by Crippen LogP contribution is 2.22. The average Bonchev–Trinajstić information content (AvgIpc) is 2.70. The molecule has 0 radical (unpaired) electrons. The summed E-state index contributed by atoms with van der Waals surface area (Å²) in [6.07, 6.45) is 0. The minimum atomic E-state index is -1.09. The number of carbonyl (C=O) groups excluding carboxylic acids is 2. The van der Waals surface area contributed by atoms with Crippen LogP contribution in [0.5, 0.6) is 5.75 Å². The van der Waals surface area contributed by atoms with Crippen molar-refractivity contribution in [3.63, 3.8) is 0 Å². The summed E-state index contributed by atoms with van der Waals surface area (Å²) in [6, 6.07) is 16.0. The Morgan fingerprint density at radius 2 is 1.46 bits per heavy atom. The molecule has 0 aliphatic heterocycles. The predicted octanol–water partition coefficient (Wildman–Crippen LogP) is 4.13. The number of esters is 1. The summed E-state index contributed by atoms with van der Waals surface area (Å²) in [5, 5.41) is 11.6. The van der Waals surface area contributed by atoms with Crippen molar-refractivity contribution in [3.8, 4) is 16.9 Å². The van der Waals surface area contributed by atoms with Gasteiger partial charge in [-0.25, -0.2) is 13.6 Å². The maximum absolute atomic E-state index is 13.1. The van der Waals surface area contributed by atoms with Gasteiger partial charge in [-0.05, 0) is 47.5 Å². The van der Waals surface area contributed by atoms with Gasteiger partial charge < -0.3 is 15.2 Å². The van der Waals surface area contributed by atoms with Gasteiger partial charge in [0.1, 0.15) is 5.75 Å². The van der Waals surface area contributed by atoms with Crippen molar-refractivity contribution in [2.24, 2.45) is 0 Å². The van der Waals surface area contributed by atoms with Crippen LogP contribution in [0.1, 0.15) is 10.4 Å². The van der Waals surface area contributed by atoms with E-state index in [0.717, 1.165) is 23.3 Å². The molecule has 3 aromatic rings. The fraction of sp³-hybridized carbons (Fsp3) is 0.0476. The molecule has 0 atom stereocenters. The third-order valence-electron chi connectivity index (χ3n) is 3.86. The van der Waals surface area contributed by atoms with Crippen LogP contribution in [0, 0.1) is 11.6 Å². The monoisotopic (exact) mass is 383 g/mol. The molecule has 0 aromatic heterocycles. The van der Waals surface area contributed by atoms with Crippen molar-refractivity contribution >= 4 is 17.6 Å². The number of hydrogen-bond acceptors (Lipinski definition) is 4. The summed E-state index contributed by atoms with van der Waals surface area (Å²) in [5.41, 5.74) is 2.01. The third-order valence-corrected chi connectivity index (χ3v) is 3.86. The van der Waals surface area contributed by atoms with Gasteiger partial charge in [-0.3, -0.25) is 4.79 Å². The van der Waals surface area contributed by atoms with Gasteiger partial charge in [0.05, 0.1) is 5.56 Å². The summed E-state index contributed by atoms with van der Waals surface area (Å²) in [5.74, 6) is -3.34. The lowest BCUT2D eigenvalue weighted by Gasteiger charge is -2.08. The predicted molar refractivity (Wildman–Crippen MR) is 98.8 cm³/mol. The van der Waals surface area contributed by atoms with Crippen molar-refractivity contribution in [2.75, 3.05) is 11.9 Å². The van der Waals surface area contributed by atoms with Crippen LogP contribution in [0.25, 0.3) is 11.1 Å². The molecule has 0 unspecified atom stereocenters. The molecule has 0 heterocycles. The first-order chi connectivity index (χ1) is 13.4. The molecular weight excluding hydrogens is 368 g/mol. The van der Waals surface area contributed by atoms with Crippen LogP contribution in [-0.2, 0) is 9.53 Å². The third kappa shape index (κ3) is 4.70. The first kappa shape index (κ1) is 19.0. The minimum Gasteiger partial charge on any atom is -0.508 e. The van der Waals surface area contributed by atoms with Gasteiger partial charge in [0.15, 0.2) is 18.2 Å². The number of carbonyl (C=O) groups is 2. The number of aromatic hydroxyl groups is 1. The van der Waals surface area contributed by atoms with E-state index in [1.165, 1.54) is 6.07 Å². The Kier molecular flexibility index (Phi) is 5.64. The molecule has 7 heteroatoms. The fourth-order valence-corrected chi connectivity index (χ4v) is 2.44. The molecule has 0 saturated heterocycles. The Balaban J connectivity index is 1.56. The first-order valence-electron chi connectivity index (χ1n) is 8.24. The lowest BCUT2D eigenvalue weighted by Crippen LogP contribution is -2.21. The average molecular weight is 383 g/mol. The molecule has 3 aromatic carbocycles. The van der Waals surface area contributed by atoms with E-state index >= 15 is 0 Å². The van der Waals surface area contributed by atoms with Gasteiger partial charge >= 0.3 is 5.97 Å². The smallest absolute Gasteiger partial charge is 0.338 e. The number of hydrogen-bond donors (Lipinski definition) is 2. The molecule has 2 N–H and O–H groups in total. The largest absolute Gasteiger partial charge is 0.508 e. The standard InChI is InChI=1S/C21H15F2NO4/c22-18-10-7-16(11-19(18)23)24-20(26)12-28-21(27)15-3-1-13(2-4-15)14-5-8-17(25)9-6-14/h1-11,25H,12H2,(H,24,26). The SMILES string of the molecule is O=C(COC(=O)c1ccc(-c2ccc(O)cc2)cc1)Nc1ccc(F)c(F)c1. The van der Waals surface area contributed by atoms with E-state index in [-0.39, 0.29) is 17.0 Å². The molecule has 1 amide bonds. The molecule has 0 fully saturated rings. The molecular formula is C21H15F2NO4. The van der Waals surface area contributed by atoms with Crippen molar-refractivity contribution < 1.29 is 28.2 Å². The lowest BCUT2D eigenvalue weighted by molar-refractivity contribution is -0.119. The number of amides is 1. The van der Waals surface area contributed by atoms with Crippen LogP contribution < -0.4 is 5.32 Å². The van der Waals surface area contributed by atoms with Crippen LogP contribution in [0.4, 0.5) is 14.5 Å². The summed E-state index contributed by atoms with van der Waals surface area (Å²) in [7, 11) is 0. The molecule has 5 nitrogen and oxygen atoms in total. The summed E-state index contributed by atoms with van der Waals surface area (Å²) in [4.78, 5) is 23.8. The Bertz CT molecular complexity index is 1000. The number of benzene rings is 3. The van der Waals surface area contributed by atoms with Crippen molar-refractivity contribution in [1.29, 1.82) is 0 Å². The number of ether oxygens (including phenoxy) is 1. The van der Waals surface area contributed by atoms with Gasteiger partial charge in [0.25, 0.3) is 5.91 Å². The van der Waals surface area contributed by atoms with E-state index in [2.05, 4.69) is 5.32 Å². The zero-order valence-corrected chi connectivity index (χ0v) is 14.5. The molecule has 142 valence electrons. The van der Waals surface area contributed by atoms with E-state index < -0.39 is 30.1 Å². The number of phenolic OH excluding ortho intramolecular Hbond substituents is 1. The second-order valence-electron chi connectivity index (χ2n) is 5.88. The summed E-state index contributed by atoms with van der Waals surface area (Å²) < 4.78 is 30.9. The number of phenols is 1. The number of rotatable bonds is 5. The highest BCUT2D eigenvalue weighted by molar-refractivity contribution is 5.95. The Hall–Kier alpha value is -3.74. The molecule has 28 heavy (non-hydrogen) atoms. The van der Waals surface area contributed by atoms with Crippen LogP contribution in [0.2, 0.25) is 0 Å². The van der Waals surface area contributed by atoms with Crippen molar-refractivity contribution in [3.05, 3.63) is 83.9 Å². The second-order valence-corrected chi connectivity index (χ2v) is 5.88. The molecule has 3 rings (SSSR count). The van der Waals surface area contributed by atoms with Gasteiger partial charge in [-0.2, -0.15) is 0 Å². The Morgan fingerprint density at radius 3 is 2.07 bits per heavy atom. The highest BCUT2D eigenvalue weighted by Gasteiger charge is 2.12. The maximum Gasteiger partial charge on any atom is 0.338 e. The van der Waals surface area contributed by atoms with Crippen LogP contribution in [-0.4, -0.2) is 23.6 Å². The van der Waals surface area contributed by atoms with E-state index in [1.807, 2.05) is 0 Å². The van der Waals surface area contributed by atoms with Gasteiger partial charge in [0, 0.05) is 11.8 Å². The van der Waals surface area contributed by atoms with Gasteiger partial charge in [0.2, 0.25) is 0 Å².